The van der Waals surface area contributed by atoms with E-state index >= 15 is 0 Å². The van der Waals surface area contributed by atoms with Gasteiger partial charge in [-0.05, 0) is 51.9 Å². The van der Waals surface area contributed by atoms with Crippen LogP contribution in [-0.4, -0.2) is 23.5 Å². The Hall–Kier alpha value is -0.510. The molecule has 0 saturated heterocycles. The third-order valence-electron chi connectivity index (χ3n) is 2.80. The van der Waals surface area contributed by atoms with Crippen LogP contribution in [0.15, 0.2) is 29.2 Å². The van der Waals surface area contributed by atoms with Crippen LogP contribution in [0, 0.1) is 0 Å². The summed E-state index contributed by atoms with van der Waals surface area (Å²) in [4.78, 5) is 1.27. The van der Waals surface area contributed by atoms with Crippen molar-refractivity contribution in [1.82, 2.24) is 5.32 Å². The minimum atomic E-state index is -0.562. The van der Waals surface area contributed by atoms with Gasteiger partial charge in [0.2, 0.25) is 0 Å². The van der Waals surface area contributed by atoms with E-state index in [2.05, 4.69) is 36.5 Å². The highest BCUT2D eigenvalue weighted by molar-refractivity contribution is 7.99. The molecule has 1 atom stereocenters. The van der Waals surface area contributed by atoms with Gasteiger partial charge < -0.3 is 10.4 Å². The standard InChI is InChI=1S/C14H23NOS/c1-11(15-4)12-5-7-13(8-6-12)17-10-9-14(2,3)16/h5-8,11,15-16H,9-10H2,1-4H3. The maximum Gasteiger partial charge on any atom is 0.0599 e. The molecule has 0 aliphatic rings. The molecule has 2 nitrogen and oxygen atoms in total. The molecule has 0 amide bonds. The van der Waals surface area contributed by atoms with Gasteiger partial charge in [0, 0.05) is 16.7 Å². The zero-order chi connectivity index (χ0) is 12.9. The molecule has 1 aromatic carbocycles. The SMILES string of the molecule is CNC(C)c1ccc(SCCC(C)(C)O)cc1. The van der Waals surface area contributed by atoms with Crippen molar-refractivity contribution in [3.63, 3.8) is 0 Å². The summed E-state index contributed by atoms with van der Waals surface area (Å²) in [5, 5.41) is 12.8. The molecule has 0 heterocycles. The van der Waals surface area contributed by atoms with Gasteiger partial charge in [0.1, 0.15) is 0 Å². The van der Waals surface area contributed by atoms with Gasteiger partial charge in [-0.2, -0.15) is 0 Å². The highest BCUT2D eigenvalue weighted by atomic mass is 32.2. The molecular formula is C14H23NOS. The maximum absolute atomic E-state index is 9.62. The van der Waals surface area contributed by atoms with E-state index in [9.17, 15) is 5.11 Å². The topological polar surface area (TPSA) is 32.3 Å². The van der Waals surface area contributed by atoms with Gasteiger partial charge in [-0.25, -0.2) is 0 Å². The highest BCUT2D eigenvalue weighted by Crippen LogP contribution is 2.23. The van der Waals surface area contributed by atoms with Crippen LogP contribution in [0.3, 0.4) is 0 Å². The summed E-state index contributed by atoms with van der Waals surface area (Å²) in [5.41, 5.74) is 0.743. The Balaban J connectivity index is 2.46. The third-order valence-corrected chi connectivity index (χ3v) is 3.81. The third kappa shape index (κ3) is 5.57. The van der Waals surface area contributed by atoms with Crippen molar-refractivity contribution >= 4 is 11.8 Å². The van der Waals surface area contributed by atoms with E-state index in [0.717, 1.165) is 12.2 Å². The molecule has 1 rings (SSSR count). The van der Waals surface area contributed by atoms with Crippen molar-refractivity contribution in [3.05, 3.63) is 29.8 Å². The molecule has 0 bridgehead atoms. The zero-order valence-corrected chi connectivity index (χ0v) is 12.0. The number of nitrogens with one attached hydrogen (secondary N) is 1. The predicted molar refractivity (Wildman–Crippen MR) is 75.6 cm³/mol. The lowest BCUT2D eigenvalue weighted by molar-refractivity contribution is 0.0778. The number of benzene rings is 1. The molecule has 96 valence electrons. The average molecular weight is 253 g/mol. The molecule has 0 radical (unpaired) electrons. The second kappa shape index (κ2) is 6.43. The van der Waals surface area contributed by atoms with Crippen LogP contribution in [0.4, 0.5) is 0 Å². The first-order valence-corrected chi connectivity index (χ1v) is 7.03. The summed E-state index contributed by atoms with van der Waals surface area (Å²) >= 11 is 1.79. The van der Waals surface area contributed by atoms with Crippen molar-refractivity contribution in [3.8, 4) is 0 Å². The van der Waals surface area contributed by atoms with Crippen molar-refractivity contribution in [2.24, 2.45) is 0 Å². The van der Waals surface area contributed by atoms with E-state index in [0.29, 0.717) is 6.04 Å². The molecular weight excluding hydrogens is 230 g/mol. The molecule has 0 aliphatic carbocycles. The van der Waals surface area contributed by atoms with Crippen LogP contribution in [0.5, 0.6) is 0 Å². The first-order chi connectivity index (χ1) is 7.92. The Kier molecular flexibility index (Phi) is 5.50. The minimum absolute atomic E-state index is 0.394. The maximum atomic E-state index is 9.62. The van der Waals surface area contributed by atoms with Crippen LogP contribution in [0.2, 0.25) is 0 Å². The molecule has 2 N–H and O–H groups in total. The molecule has 1 unspecified atom stereocenters. The fourth-order valence-corrected chi connectivity index (χ4v) is 2.60. The van der Waals surface area contributed by atoms with Crippen molar-refractivity contribution in [2.45, 2.75) is 43.7 Å². The van der Waals surface area contributed by atoms with Gasteiger partial charge in [0.25, 0.3) is 0 Å². The lowest BCUT2D eigenvalue weighted by atomic mass is 10.1. The summed E-state index contributed by atoms with van der Waals surface area (Å²) in [5.74, 6) is 0.949. The van der Waals surface area contributed by atoms with Gasteiger partial charge >= 0.3 is 0 Å². The fraction of sp³-hybridized carbons (Fsp3) is 0.571. The van der Waals surface area contributed by atoms with Gasteiger partial charge in [-0.15, -0.1) is 11.8 Å². The molecule has 0 fully saturated rings. The molecule has 3 heteroatoms. The van der Waals surface area contributed by atoms with Crippen molar-refractivity contribution < 1.29 is 5.11 Å². The number of thioether (sulfide) groups is 1. The molecule has 0 spiro atoms. The van der Waals surface area contributed by atoms with Crippen LogP contribution >= 0.6 is 11.8 Å². The van der Waals surface area contributed by atoms with Crippen molar-refractivity contribution in [1.29, 1.82) is 0 Å². The highest BCUT2D eigenvalue weighted by Gasteiger charge is 2.11. The largest absolute Gasteiger partial charge is 0.390 e. The molecule has 0 saturated carbocycles. The number of aliphatic hydroxyl groups is 1. The molecule has 0 aromatic heterocycles. The molecule has 0 aliphatic heterocycles. The summed E-state index contributed by atoms with van der Waals surface area (Å²) in [7, 11) is 1.97. The molecule has 1 aromatic rings. The average Bonchev–Trinajstić information content (AvgIpc) is 2.27. The Labute approximate surface area is 109 Å². The predicted octanol–water partition coefficient (Wildman–Crippen LogP) is 3.22. The number of rotatable bonds is 6. The quantitative estimate of drug-likeness (QED) is 0.764. The van der Waals surface area contributed by atoms with Gasteiger partial charge in [0.05, 0.1) is 5.60 Å². The summed E-state index contributed by atoms with van der Waals surface area (Å²) in [6.45, 7) is 5.85. The minimum Gasteiger partial charge on any atom is -0.390 e. The van der Waals surface area contributed by atoms with Crippen LogP contribution < -0.4 is 5.32 Å². The smallest absolute Gasteiger partial charge is 0.0599 e. The Morgan fingerprint density at radius 3 is 2.35 bits per heavy atom. The normalized spacial score (nSPS) is 13.7. The van der Waals surface area contributed by atoms with Crippen LogP contribution in [0.25, 0.3) is 0 Å². The van der Waals surface area contributed by atoms with Gasteiger partial charge in [-0.3, -0.25) is 0 Å². The van der Waals surface area contributed by atoms with E-state index in [1.54, 1.807) is 11.8 Å². The van der Waals surface area contributed by atoms with Crippen LogP contribution in [-0.2, 0) is 0 Å². The monoisotopic (exact) mass is 253 g/mol. The summed E-state index contributed by atoms with van der Waals surface area (Å²) in [6, 6.07) is 9.02. The zero-order valence-electron chi connectivity index (χ0n) is 11.2. The number of hydrogen-bond donors (Lipinski definition) is 2. The Morgan fingerprint density at radius 1 is 1.29 bits per heavy atom. The van der Waals surface area contributed by atoms with E-state index in [1.165, 1.54) is 10.5 Å². The second-order valence-corrected chi connectivity index (χ2v) is 6.16. The Bertz CT molecular complexity index is 329. The first-order valence-electron chi connectivity index (χ1n) is 6.05. The lowest BCUT2D eigenvalue weighted by Crippen LogP contribution is -2.19. The lowest BCUT2D eigenvalue weighted by Gasteiger charge is -2.16. The first kappa shape index (κ1) is 14.6. The Morgan fingerprint density at radius 2 is 1.88 bits per heavy atom. The van der Waals surface area contributed by atoms with Gasteiger partial charge in [-0.1, -0.05) is 12.1 Å². The van der Waals surface area contributed by atoms with E-state index in [-0.39, 0.29) is 0 Å². The van der Waals surface area contributed by atoms with Gasteiger partial charge in [0.15, 0.2) is 0 Å². The van der Waals surface area contributed by atoms with Crippen LogP contribution in [0.1, 0.15) is 38.8 Å². The summed E-state index contributed by atoms with van der Waals surface area (Å²) < 4.78 is 0. The summed E-state index contributed by atoms with van der Waals surface area (Å²) in [6.07, 6.45) is 0.812. The number of hydrogen-bond acceptors (Lipinski definition) is 3. The molecule has 17 heavy (non-hydrogen) atoms. The fourth-order valence-electron chi connectivity index (χ4n) is 1.44. The second-order valence-electron chi connectivity index (χ2n) is 4.99. The van der Waals surface area contributed by atoms with Crippen molar-refractivity contribution in [2.75, 3.05) is 12.8 Å². The van der Waals surface area contributed by atoms with E-state index < -0.39 is 5.60 Å². The van der Waals surface area contributed by atoms with E-state index in [4.69, 9.17) is 0 Å². The van der Waals surface area contributed by atoms with E-state index in [1.807, 2.05) is 20.9 Å².